The van der Waals surface area contributed by atoms with Crippen molar-refractivity contribution in [1.29, 1.82) is 0 Å². The third-order valence-corrected chi connectivity index (χ3v) is 4.22. The standard InChI is InChI=1S/C14H17N3O3/c15-11(18)9-6-8-2-1-3-10(8)17-12(9)16-7-14(4-5-14)13(19)20/h6H,1-5,7H2,(H2,15,18)(H,16,17)(H,19,20). The average molecular weight is 275 g/mol. The van der Waals surface area contributed by atoms with Gasteiger partial charge < -0.3 is 16.2 Å². The normalized spacial score (nSPS) is 18.4. The van der Waals surface area contributed by atoms with E-state index in [1.807, 2.05) is 0 Å². The first-order chi connectivity index (χ1) is 9.52. The summed E-state index contributed by atoms with van der Waals surface area (Å²) in [6, 6.07) is 1.79. The number of nitrogens with one attached hydrogen (secondary N) is 1. The molecule has 4 N–H and O–H groups in total. The van der Waals surface area contributed by atoms with Gasteiger partial charge in [-0.2, -0.15) is 0 Å². The van der Waals surface area contributed by atoms with Crippen molar-refractivity contribution in [3.63, 3.8) is 0 Å². The van der Waals surface area contributed by atoms with Crippen molar-refractivity contribution in [2.45, 2.75) is 32.1 Å². The SMILES string of the molecule is NC(=O)c1cc2c(nc1NCC1(C(=O)O)CC1)CCC2. The molecule has 1 heterocycles. The molecular formula is C14H17N3O3. The Morgan fingerprint density at radius 3 is 2.75 bits per heavy atom. The van der Waals surface area contributed by atoms with Gasteiger partial charge in [0.1, 0.15) is 5.82 Å². The van der Waals surface area contributed by atoms with Crippen LogP contribution >= 0.6 is 0 Å². The van der Waals surface area contributed by atoms with E-state index in [1.54, 1.807) is 6.07 Å². The van der Waals surface area contributed by atoms with Crippen LogP contribution in [-0.4, -0.2) is 28.5 Å². The van der Waals surface area contributed by atoms with Gasteiger partial charge in [-0.15, -0.1) is 0 Å². The van der Waals surface area contributed by atoms with Gasteiger partial charge in [-0.05, 0) is 43.7 Å². The number of fused-ring (bicyclic) bond motifs is 1. The van der Waals surface area contributed by atoms with Crippen molar-refractivity contribution < 1.29 is 14.7 Å². The molecule has 1 aromatic heterocycles. The minimum Gasteiger partial charge on any atom is -0.481 e. The molecule has 6 nitrogen and oxygen atoms in total. The molecule has 2 aliphatic carbocycles. The third-order valence-electron chi connectivity index (χ3n) is 4.22. The Labute approximate surface area is 116 Å². The van der Waals surface area contributed by atoms with Gasteiger partial charge in [-0.1, -0.05) is 0 Å². The summed E-state index contributed by atoms with van der Waals surface area (Å²) in [5, 5.41) is 12.2. The molecule has 3 rings (SSSR count). The molecule has 1 fully saturated rings. The Morgan fingerprint density at radius 1 is 1.40 bits per heavy atom. The lowest BCUT2D eigenvalue weighted by Crippen LogP contribution is -2.26. The highest BCUT2D eigenvalue weighted by atomic mass is 16.4. The number of rotatable bonds is 5. The van der Waals surface area contributed by atoms with Gasteiger partial charge in [0, 0.05) is 12.2 Å². The maximum absolute atomic E-state index is 11.5. The molecule has 0 atom stereocenters. The fraction of sp³-hybridized carbons (Fsp3) is 0.500. The van der Waals surface area contributed by atoms with E-state index >= 15 is 0 Å². The summed E-state index contributed by atoms with van der Waals surface area (Å²) in [4.78, 5) is 27.1. The Morgan fingerprint density at radius 2 is 2.15 bits per heavy atom. The summed E-state index contributed by atoms with van der Waals surface area (Å²) >= 11 is 0. The number of aryl methyl sites for hydroxylation is 2. The second kappa shape index (κ2) is 4.47. The Hall–Kier alpha value is -2.11. The summed E-state index contributed by atoms with van der Waals surface area (Å²) in [7, 11) is 0. The lowest BCUT2D eigenvalue weighted by atomic mass is 10.1. The number of carbonyl (C=O) groups excluding carboxylic acids is 1. The van der Waals surface area contributed by atoms with Crippen LogP contribution in [0.3, 0.4) is 0 Å². The maximum atomic E-state index is 11.5. The molecule has 0 aliphatic heterocycles. The van der Waals surface area contributed by atoms with Crippen LogP contribution in [0.2, 0.25) is 0 Å². The molecule has 106 valence electrons. The number of anilines is 1. The van der Waals surface area contributed by atoms with Gasteiger partial charge in [-0.25, -0.2) is 4.98 Å². The van der Waals surface area contributed by atoms with Crippen LogP contribution < -0.4 is 11.1 Å². The zero-order chi connectivity index (χ0) is 14.3. The second-order valence-corrected chi connectivity index (χ2v) is 5.65. The van der Waals surface area contributed by atoms with Gasteiger partial charge in [0.2, 0.25) is 0 Å². The summed E-state index contributed by atoms with van der Waals surface area (Å²) in [6.07, 6.45) is 4.16. The van der Waals surface area contributed by atoms with Crippen LogP contribution in [0.4, 0.5) is 5.82 Å². The molecule has 0 unspecified atom stereocenters. The number of nitrogens with zero attached hydrogens (tertiary/aromatic N) is 1. The summed E-state index contributed by atoms with van der Waals surface area (Å²) in [5.41, 5.74) is 7.10. The molecule has 0 saturated heterocycles. The van der Waals surface area contributed by atoms with E-state index in [-0.39, 0.29) is 6.54 Å². The molecule has 20 heavy (non-hydrogen) atoms. The first-order valence-electron chi connectivity index (χ1n) is 6.82. The van der Waals surface area contributed by atoms with E-state index in [4.69, 9.17) is 10.8 Å². The topological polar surface area (TPSA) is 105 Å². The number of hydrogen-bond donors (Lipinski definition) is 3. The van der Waals surface area contributed by atoms with Crippen LogP contribution in [0.5, 0.6) is 0 Å². The van der Waals surface area contributed by atoms with Gasteiger partial charge in [0.05, 0.1) is 11.0 Å². The zero-order valence-corrected chi connectivity index (χ0v) is 11.1. The van der Waals surface area contributed by atoms with Crippen molar-refractivity contribution in [3.8, 4) is 0 Å². The van der Waals surface area contributed by atoms with Crippen molar-refractivity contribution in [2.75, 3.05) is 11.9 Å². The van der Waals surface area contributed by atoms with E-state index in [9.17, 15) is 9.59 Å². The molecule has 1 saturated carbocycles. The van der Waals surface area contributed by atoms with E-state index in [2.05, 4.69) is 10.3 Å². The van der Waals surface area contributed by atoms with Crippen molar-refractivity contribution in [1.82, 2.24) is 4.98 Å². The van der Waals surface area contributed by atoms with Crippen LogP contribution in [0, 0.1) is 5.41 Å². The Bertz CT molecular complexity index is 594. The van der Waals surface area contributed by atoms with Crippen molar-refractivity contribution in [3.05, 3.63) is 22.9 Å². The fourth-order valence-electron chi connectivity index (χ4n) is 2.66. The van der Waals surface area contributed by atoms with Crippen molar-refractivity contribution in [2.24, 2.45) is 11.1 Å². The van der Waals surface area contributed by atoms with Gasteiger partial charge in [0.15, 0.2) is 0 Å². The molecule has 1 aromatic rings. The average Bonchev–Trinajstić information content (AvgIpc) is 3.06. The van der Waals surface area contributed by atoms with E-state index in [1.165, 1.54) is 0 Å². The minimum atomic E-state index is -0.799. The number of hydrogen-bond acceptors (Lipinski definition) is 4. The second-order valence-electron chi connectivity index (χ2n) is 5.65. The Kier molecular flexibility index (Phi) is 2.88. The zero-order valence-electron chi connectivity index (χ0n) is 11.1. The van der Waals surface area contributed by atoms with E-state index < -0.39 is 17.3 Å². The smallest absolute Gasteiger partial charge is 0.311 e. The van der Waals surface area contributed by atoms with Crippen LogP contribution in [-0.2, 0) is 17.6 Å². The molecule has 0 spiro atoms. The highest BCUT2D eigenvalue weighted by molar-refractivity contribution is 5.98. The molecule has 1 amide bonds. The number of aliphatic carboxylic acids is 1. The summed E-state index contributed by atoms with van der Waals surface area (Å²) in [5.74, 6) is -0.910. The first-order valence-corrected chi connectivity index (χ1v) is 6.82. The van der Waals surface area contributed by atoms with Crippen molar-refractivity contribution >= 4 is 17.7 Å². The number of carbonyl (C=O) groups is 2. The predicted molar refractivity (Wildman–Crippen MR) is 72.6 cm³/mol. The van der Waals surface area contributed by atoms with Gasteiger partial charge in [-0.3, -0.25) is 9.59 Å². The number of aromatic nitrogens is 1. The number of carboxylic acid groups (broad SMARTS) is 1. The molecule has 2 aliphatic rings. The number of amides is 1. The van der Waals surface area contributed by atoms with Gasteiger partial charge >= 0.3 is 5.97 Å². The molecule has 0 bridgehead atoms. The molecule has 6 heteroatoms. The number of primary amides is 1. The monoisotopic (exact) mass is 275 g/mol. The lowest BCUT2D eigenvalue weighted by molar-refractivity contribution is -0.142. The van der Waals surface area contributed by atoms with Crippen LogP contribution in [0.25, 0.3) is 0 Å². The predicted octanol–water partition coefficient (Wildman–Crippen LogP) is 0.946. The highest BCUT2D eigenvalue weighted by Crippen LogP contribution is 2.45. The molecular weight excluding hydrogens is 258 g/mol. The maximum Gasteiger partial charge on any atom is 0.311 e. The summed E-state index contributed by atoms with van der Waals surface area (Å²) < 4.78 is 0. The summed E-state index contributed by atoms with van der Waals surface area (Å²) in [6.45, 7) is 0.286. The quantitative estimate of drug-likeness (QED) is 0.741. The molecule has 0 aromatic carbocycles. The largest absolute Gasteiger partial charge is 0.481 e. The molecule has 0 radical (unpaired) electrons. The first kappa shape index (κ1) is 12.9. The minimum absolute atomic E-state index is 0.286. The van der Waals surface area contributed by atoms with Gasteiger partial charge in [0.25, 0.3) is 5.91 Å². The number of nitrogens with two attached hydrogens (primary N) is 1. The van der Waals surface area contributed by atoms with E-state index in [0.717, 1.165) is 30.5 Å². The number of pyridine rings is 1. The fourth-order valence-corrected chi connectivity index (χ4v) is 2.66. The van der Waals surface area contributed by atoms with E-state index in [0.29, 0.717) is 24.2 Å². The third kappa shape index (κ3) is 2.11. The number of carboxylic acids is 1. The highest BCUT2D eigenvalue weighted by Gasteiger charge is 2.50. The Balaban J connectivity index is 1.85. The van der Waals surface area contributed by atoms with Crippen LogP contribution in [0.15, 0.2) is 6.07 Å². The van der Waals surface area contributed by atoms with Crippen LogP contribution in [0.1, 0.15) is 40.9 Å². The lowest BCUT2D eigenvalue weighted by Gasteiger charge is -2.15.